The van der Waals surface area contributed by atoms with Gasteiger partial charge in [0.25, 0.3) is 10.1 Å². The Hall–Kier alpha value is -1.85. The maximum atomic E-state index is 10.9. The van der Waals surface area contributed by atoms with Crippen molar-refractivity contribution in [1.29, 1.82) is 0 Å². The van der Waals surface area contributed by atoms with Crippen molar-refractivity contribution in [3.8, 4) is 5.75 Å². The molecule has 2 aromatic carbocycles. The van der Waals surface area contributed by atoms with Gasteiger partial charge in [0.1, 0.15) is 18.1 Å². The maximum Gasteiger partial charge on any atom is 0.269 e. The van der Waals surface area contributed by atoms with Gasteiger partial charge in [0, 0.05) is 0 Å². The molecule has 0 aliphatic heterocycles. The molecule has 0 unspecified atom stereocenters. The first-order valence-corrected chi connectivity index (χ1v) is 7.76. The van der Waals surface area contributed by atoms with E-state index in [-0.39, 0.29) is 5.75 Å². The monoisotopic (exact) mass is 292 g/mol. The summed E-state index contributed by atoms with van der Waals surface area (Å²) in [4.78, 5) is 0. The summed E-state index contributed by atoms with van der Waals surface area (Å²) in [6.45, 7) is 2.24. The predicted molar refractivity (Wildman–Crippen MR) is 77.2 cm³/mol. The lowest BCUT2D eigenvalue weighted by Crippen LogP contribution is -2.03. The molecule has 0 aromatic heterocycles. The molecular weight excluding hydrogens is 276 g/mol. The Morgan fingerprint density at radius 1 is 1.10 bits per heavy atom. The lowest BCUT2D eigenvalue weighted by atomic mass is 10.1. The molecule has 0 heterocycles. The normalized spacial score (nSPS) is 11.3. The molecule has 0 aliphatic carbocycles. The van der Waals surface area contributed by atoms with Crippen molar-refractivity contribution in [2.24, 2.45) is 0 Å². The highest BCUT2D eigenvalue weighted by Gasteiger charge is 2.09. The molecule has 2 aromatic rings. The zero-order chi connectivity index (χ0) is 14.6. The quantitative estimate of drug-likeness (QED) is 0.861. The second-order valence-corrected chi connectivity index (χ2v) is 6.04. The highest BCUT2D eigenvalue weighted by Crippen LogP contribution is 2.20. The minimum Gasteiger partial charge on any atom is -0.489 e. The second-order valence-electron chi connectivity index (χ2n) is 4.59. The molecule has 20 heavy (non-hydrogen) atoms. The first-order valence-electron chi connectivity index (χ1n) is 6.15. The van der Waals surface area contributed by atoms with Crippen LogP contribution >= 0.6 is 0 Å². The van der Waals surface area contributed by atoms with Gasteiger partial charge in [0.05, 0.1) is 0 Å². The van der Waals surface area contributed by atoms with Crippen molar-refractivity contribution in [2.45, 2.75) is 19.3 Å². The fraction of sp³-hybridized carbons (Fsp3) is 0.200. The number of benzene rings is 2. The van der Waals surface area contributed by atoms with Crippen molar-refractivity contribution in [3.05, 3.63) is 65.2 Å². The van der Waals surface area contributed by atoms with E-state index in [2.05, 4.69) is 0 Å². The maximum absolute atomic E-state index is 10.9. The minimum atomic E-state index is -4.01. The Labute approximate surface area is 118 Å². The average molecular weight is 292 g/mol. The predicted octanol–water partition coefficient (Wildman–Crippen LogP) is 2.96. The van der Waals surface area contributed by atoms with Crippen LogP contribution in [0.3, 0.4) is 0 Å². The van der Waals surface area contributed by atoms with Gasteiger partial charge in [-0.2, -0.15) is 8.42 Å². The number of hydrogen-bond acceptors (Lipinski definition) is 3. The summed E-state index contributed by atoms with van der Waals surface area (Å²) in [7, 11) is -4.01. The largest absolute Gasteiger partial charge is 0.489 e. The minimum absolute atomic E-state index is 0.377. The van der Waals surface area contributed by atoms with Crippen molar-refractivity contribution >= 4 is 10.1 Å². The zero-order valence-corrected chi connectivity index (χ0v) is 11.9. The van der Waals surface area contributed by atoms with Crippen molar-refractivity contribution in [1.82, 2.24) is 0 Å². The SMILES string of the molecule is Cc1cc(OCc2ccccc2)ccc1CS(=O)(=O)O. The summed E-state index contributed by atoms with van der Waals surface area (Å²) < 4.78 is 36.2. The van der Waals surface area contributed by atoms with Gasteiger partial charge in [-0.3, -0.25) is 4.55 Å². The Bertz CT molecular complexity index is 678. The second kappa shape index (κ2) is 6.07. The fourth-order valence-electron chi connectivity index (χ4n) is 1.86. The lowest BCUT2D eigenvalue weighted by Gasteiger charge is -2.09. The molecule has 0 fully saturated rings. The number of ether oxygens (including phenoxy) is 1. The van der Waals surface area contributed by atoms with Crippen LogP contribution in [-0.2, 0) is 22.5 Å². The molecule has 0 saturated carbocycles. The van der Waals surface area contributed by atoms with Crippen LogP contribution in [0.15, 0.2) is 48.5 Å². The fourth-order valence-corrected chi connectivity index (χ4v) is 2.57. The first-order chi connectivity index (χ1) is 9.44. The summed E-state index contributed by atoms with van der Waals surface area (Å²) in [6, 6.07) is 14.9. The van der Waals surface area contributed by atoms with E-state index in [1.165, 1.54) is 0 Å². The Kier molecular flexibility index (Phi) is 4.42. The smallest absolute Gasteiger partial charge is 0.269 e. The van der Waals surface area contributed by atoms with Gasteiger partial charge in [-0.15, -0.1) is 0 Å². The lowest BCUT2D eigenvalue weighted by molar-refractivity contribution is 0.306. The molecule has 2 rings (SSSR count). The van der Waals surface area contributed by atoms with Gasteiger partial charge in [0.15, 0.2) is 0 Å². The van der Waals surface area contributed by atoms with Crippen molar-refractivity contribution < 1.29 is 17.7 Å². The van der Waals surface area contributed by atoms with Crippen LogP contribution in [0, 0.1) is 6.92 Å². The van der Waals surface area contributed by atoms with Gasteiger partial charge < -0.3 is 4.74 Å². The summed E-state index contributed by atoms with van der Waals surface area (Å²) in [5, 5.41) is 0. The Morgan fingerprint density at radius 3 is 2.40 bits per heavy atom. The molecule has 106 valence electrons. The van der Waals surface area contributed by atoms with E-state index in [0.717, 1.165) is 11.1 Å². The standard InChI is InChI=1S/C15H16O4S/c1-12-9-15(8-7-14(12)11-20(16,17)18)19-10-13-5-3-2-4-6-13/h2-9H,10-11H2,1H3,(H,16,17,18). The number of hydrogen-bond donors (Lipinski definition) is 1. The van der Waals surface area contributed by atoms with Crippen LogP contribution in [0.2, 0.25) is 0 Å². The third-order valence-electron chi connectivity index (χ3n) is 2.90. The van der Waals surface area contributed by atoms with Crippen LogP contribution in [0.4, 0.5) is 0 Å². The molecule has 1 N–H and O–H groups in total. The van der Waals surface area contributed by atoms with Crippen LogP contribution in [-0.4, -0.2) is 13.0 Å². The summed E-state index contributed by atoms with van der Waals surface area (Å²) >= 11 is 0. The van der Waals surface area contributed by atoms with E-state index in [1.807, 2.05) is 30.3 Å². The third kappa shape index (κ3) is 4.36. The van der Waals surface area contributed by atoms with E-state index < -0.39 is 10.1 Å². The Balaban J connectivity index is 2.06. The van der Waals surface area contributed by atoms with E-state index in [9.17, 15) is 8.42 Å². The number of rotatable bonds is 5. The van der Waals surface area contributed by atoms with Gasteiger partial charge in [-0.05, 0) is 35.7 Å². The zero-order valence-electron chi connectivity index (χ0n) is 11.1. The van der Waals surface area contributed by atoms with E-state index >= 15 is 0 Å². The average Bonchev–Trinajstić information content (AvgIpc) is 2.39. The van der Waals surface area contributed by atoms with Crippen LogP contribution in [0.1, 0.15) is 16.7 Å². The van der Waals surface area contributed by atoms with Crippen LogP contribution in [0.5, 0.6) is 5.75 Å². The number of aryl methyl sites for hydroxylation is 1. The van der Waals surface area contributed by atoms with Crippen molar-refractivity contribution in [2.75, 3.05) is 0 Å². The molecule has 4 nitrogen and oxygen atoms in total. The van der Waals surface area contributed by atoms with Gasteiger partial charge in [-0.1, -0.05) is 36.4 Å². The highest BCUT2D eigenvalue weighted by atomic mass is 32.2. The summed E-state index contributed by atoms with van der Waals surface area (Å²) in [6.07, 6.45) is 0. The van der Waals surface area contributed by atoms with Crippen LogP contribution < -0.4 is 4.74 Å². The Morgan fingerprint density at radius 2 is 1.80 bits per heavy atom. The van der Waals surface area contributed by atoms with E-state index in [4.69, 9.17) is 9.29 Å². The molecule has 0 aliphatic rings. The molecule has 0 atom stereocenters. The van der Waals surface area contributed by atoms with Crippen molar-refractivity contribution in [3.63, 3.8) is 0 Å². The highest BCUT2D eigenvalue weighted by molar-refractivity contribution is 7.85. The van der Waals surface area contributed by atoms with Gasteiger partial charge >= 0.3 is 0 Å². The molecular formula is C15H16O4S. The first kappa shape index (κ1) is 14.6. The summed E-state index contributed by atoms with van der Waals surface area (Å²) in [5.74, 6) is 0.295. The van der Waals surface area contributed by atoms with E-state index in [0.29, 0.717) is 17.9 Å². The molecule has 0 bridgehead atoms. The topological polar surface area (TPSA) is 63.6 Å². The van der Waals surface area contributed by atoms with E-state index in [1.54, 1.807) is 25.1 Å². The van der Waals surface area contributed by atoms with Gasteiger partial charge in [-0.25, -0.2) is 0 Å². The summed E-state index contributed by atoms with van der Waals surface area (Å²) in [5.41, 5.74) is 2.40. The molecule has 0 radical (unpaired) electrons. The molecule has 0 amide bonds. The third-order valence-corrected chi connectivity index (χ3v) is 3.58. The van der Waals surface area contributed by atoms with Crippen LogP contribution in [0.25, 0.3) is 0 Å². The van der Waals surface area contributed by atoms with Gasteiger partial charge in [0.2, 0.25) is 0 Å². The molecule has 0 saturated heterocycles. The molecule has 5 heteroatoms. The molecule has 0 spiro atoms.